The van der Waals surface area contributed by atoms with Crippen molar-refractivity contribution in [3.05, 3.63) is 29.3 Å². The Morgan fingerprint density at radius 3 is 2.83 bits per heavy atom. The van der Waals surface area contributed by atoms with Gasteiger partial charge in [-0.2, -0.15) is 0 Å². The number of fused-ring (bicyclic) bond motifs is 1. The first kappa shape index (κ1) is 12.1. The first-order chi connectivity index (χ1) is 8.60. The van der Waals surface area contributed by atoms with Crippen molar-refractivity contribution in [1.29, 1.82) is 0 Å². The lowest BCUT2D eigenvalue weighted by Crippen LogP contribution is -2.27. The minimum atomic E-state index is -3.34. The monoisotopic (exact) mass is 266 g/mol. The molecule has 0 saturated heterocycles. The summed E-state index contributed by atoms with van der Waals surface area (Å²) in [6, 6.07) is 5.55. The molecule has 2 N–H and O–H groups in total. The lowest BCUT2D eigenvalue weighted by atomic mass is 10.1. The molecule has 98 valence electrons. The molecule has 1 aromatic rings. The van der Waals surface area contributed by atoms with Gasteiger partial charge in [0.15, 0.2) is 0 Å². The van der Waals surface area contributed by atoms with Crippen LogP contribution in [0.15, 0.2) is 23.1 Å². The van der Waals surface area contributed by atoms with Gasteiger partial charge in [-0.15, -0.1) is 0 Å². The van der Waals surface area contributed by atoms with Crippen LogP contribution in [0.1, 0.15) is 30.9 Å². The number of nitrogens with one attached hydrogen (secondary N) is 2. The standard InChI is InChI=1S/C13H18N2O2S/c1-2-9-6-13(9)15-18(16,17)12-4-3-10-7-14-8-11(10)5-12/h3-5,9,13-15H,2,6-8H2,1H3. The van der Waals surface area contributed by atoms with Gasteiger partial charge in [-0.25, -0.2) is 13.1 Å². The van der Waals surface area contributed by atoms with Crippen LogP contribution in [-0.4, -0.2) is 14.5 Å². The topological polar surface area (TPSA) is 58.2 Å². The average Bonchev–Trinajstić information content (AvgIpc) is 2.90. The molecular formula is C13H18N2O2S. The van der Waals surface area contributed by atoms with Crippen molar-refractivity contribution < 1.29 is 8.42 Å². The van der Waals surface area contributed by atoms with Gasteiger partial charge in [0.05, 0.1) is 4.90 Å². The van der Waals surface area contributed by atoms with Crippen LogP contribution in [-0.2, 0) is 23.1 Å². The van der Waals surface area contributed by atoms with Gasteiger partial charge in [0.2, 0.25) is 10.0 Å². The molecule has 1 fully saturated rings. The molecule has 1 heterocycles. The molecule has 0 radical (unpaired) electrons. The fourth-order valence-corrected chi connectivity index (χ4v) is 3.92. The molecule has 0 bridgehead atoms. The number of benzene rings is 1. The third kappa shape index (κ3) is 2.18. The van der Waals surface area contributed by atoms with Crippen molar-refractivity contribution in [2.24, 2.45) is 5.92 Å². The van der Waals surface area contributed by atoms with Gasteiger partial charge in [-0.3, -0.25) is 0 Å². The summed E-state index contributed by atoms with van der Waals surface area (Å²) in [6.07, 6.45) is 2.02. The lowest BCUT2D eigenvalue weighted by molar-refractivity contribution is 0.576. The SMILES string of the molecule is CCC1CC1NS(=O)(=O)c1ccc2c(c1)CNC2. The van der Waals surface area contributed by atoms with Crippen molar-refractivity contribution in [3.8, 4) is 0 Å². The second kappa shape index (κ2) is 4.33. The Bertz CT molecular complexity index is 568. The Kier molecular flexibility index (Phi) is 2.92. The van der Waals surface area contributed by atoms with E-state index in [2.05, 4.69) is 17.0 Å². The van der Waals surface area contributed by atoms with Gasteiger partial charge < -0.3 is 5.32 Å². The third-order valence-corrected chi connectivity index (χ3v) is 5.36. The summed E-state index contributed by atoms with van der Waals surface area (Å²) < 4.78 is 27.2. The molecule has 3 rings (SSSR count). The molecule has 0 amide bonds. The zero-order valence-corrected chi connectivity index (χ0v) is 11.3. The van der Waals surface area contributed by atoms with Gasteiger partial charge in [-0.05, 0) is 35.6 Å². The van der Waals surface area contributed by atoms with Crippen molar-refractivity contribution in [3.63, 3.8) is 0 Å². The molecular weight excluding hydrogens is 248 g/mol. The van der Waals surface area contributed by atoms with Crippen molar-refractivity contribution in [2.45, 2.75) is 43.8 Å². The van der Waals surface area contributed by atoms with Gasteiger partial charge in [-0.1, -0.05) is 19.4 Å². The maximum absolute atomic E-state index is 12.2. The summed E-state index contributed by atoms with van der Waals surface area (Å²) in [4.78, 5) is 0.395. The second-order valence-electron chi connectivity index (χ2n) is 5.17. The van der Waals surface area contributed by atoms with Crippen LogP contribution >= 0.6 is 0 Å². The predicted octanol–water partition coefficient (Wildman–Crippen LogP) is 1.37. The quantitative estimate of drug-likeness (QED) is 0.865. The fourth-order valence-electron chi connectivity index (χ4n) is 2.55. The average molecular weight is 266 g/mol. The smallest absolute Gasteiger partial charge is 0.240 e. The van der Waals surface area contributed by atoms with Gasteiger partial charge in [0.25, 0.3) is 0 Å². The van der Waals surface area contributed by atoms with Gasteiger partial charge in [0.1, 0.15) is 0 Å². The van der Waals surface area contributed by atoms with Crippen molar-refractivity contribution >= 4 is 10.0 Å². The van der Waals surface area contributed by atoms with Crippen LogP contribution in [0.2, 0.25) is 0 Å². The maximum Gasteiger partial charge on any atom is 0.240 e. The Morgan fingerprint density at radius 1 is 1.33 bits per heavy atom. The van der Waals surface area contributed by atoms with E-state index in [1.807, 2.05) is 6.07 Å². The highest BCUT2D eigenvalue weighted by molar-refractivity contribution is 7.89. The van der Waals surface area contributed by atoms with Crippen LogP contribution in [0.5, 0.6) is 0 Å². The molecule has 2 unspecified atom stereocenters. The Balaban J connectivity index is 1.81. The lowest BCUT2D eigenvalue weighted by Gasteiger charge is -2.07. The number of sulfonamides is 1. The normalized spacial score (nSPS) is 26.1. The first-order valence-corrected chi connectivity index (χ1v) is 7.93. The van der Waals surface area contributed by atoms with E-state index in [-0.39, 0.29) is 6.04 Å². The van der Waals surface area contributed by atoms with E-state index < -0.39 is 10.0 Å². The molecule has 1 aliphatic carbocycles. The van der Waals surface area contributed by atoms with E-state index in [1.165, 1.54) is 5.56 Å². The van der Waals surface area contributed by atoms with Gasteiger partial charge >= 0.3 is 0 Å². The molecule has 1 aromatic carbocycles. The Hall–Kier alpha value is -0.910. The number of hydrogen-bond donors (Lipinski definition) is 2. The molecule has 2 aliphatic rings. The third-order valence-electron chi connectivity index (χ3n) is 3.87. The Labute approximate surface area is 108 Å². The van der Waals surface area contributed by atoms with Gasteiger partial charge in [0, 0.05) is 19.1 Å². The van der Waals surface area contributed by atoms with E-state index >= 15 is 0 Å². The first-order valence-electron chi connectivity index (χ1n) is 6.45. The Morgan fingerprint density at radius 2 is 2.11 bits per heavy atom. The predicted molar refractivity (Wildman–Crippen MR) is 69.5 cm³/mol. The largest absolute Gasteiger partial charge is 0.309 e. The summed E-state index contributed by atoms with van der Waals surface area (Å²) in [6.45, 7) is 3.70. The minimum Gasteiger partial charge on any atom is -0.309 e. The van der Waals surface area contributed by atoms with Crippen LogP contribution < -0.4 is 10.0 Å². The highest BCUT2D eigenvalue weighted by atomic mass is 32.2. The summed E-state index contributed by atoms with van der Waals surface area (Å²) in [7, 11) is -3.34. The maximum atomic E-state index is 12.2. The van der Waals surface area contributed by atoms with Crippen LogP contribution in [0, 0.1) is 5.92 Å². The van der Waals surface area contributed by atoms with E-state index in [1.54, 1.807) is 12.1 Å². The summed E-state index contributed by atoms with van der Waals surface area (Å²) in [5, 5.41) is 3.22. The van der Waals surface area contributed by atoms with Crippen molar-refractivity contribution in [1.82, 2.24) is 10.0 Å². The van der Waals surface area contributed by atoms with E-state index in [9.17, 15) is 8.42 Å². The minimum absolute atomic E-state index is 0.145. The number of rotatable bonds is 4. The van der Waals surface area contributed by atoms with E-state index in [0.717, 1.165) is 31.5 Å². The molecule has 18 heavy (non-hydrogen) atoms. The molecule has 1 aliphatic heterocycles. The second-order valence-corrected chi connectivity index (χ2v) is 6.88. The zero-order chi connectivity index (χ0) is 12.8. The number of hydrogen-bond acceptors (Lipinski definition) is 3. The molecule has 0 spiro atoms. The van der Waals surface area contributed by atoms with Crippen LogP contribution in [0.4, 0.5) is 0 Å². The molecule has 4 nitrogen and oxygen atoms in total. The molecule has 0 aromatic heterocycles. The molecule has 5 heteroatoms. The summed E-state index contributed by atoms with van der Waals surface area (Å²) in [5.41, 5.74) is 2.30. The molecule has 1 saturated carbocycles. The van der Waals surface area contributed by atoms with Crippen LogP contribution in [0.3, 0.4) is 0 Å². The zero-order valence-electron chi connectivity index (χ0n) is 10.4. The van der Waals surface area contributed by atoms with E-state index in [0.29, 0.717) is 10.8 Å². The fraction of sp³-hybridized carbons (Fsp3) is 0.538. The highest BCUT2D eigenvalue weighted by Gasteiger charge is 2.38. The van der Waals surface area contributed by atoms with Crippen LogP contribution in [0.25, 0.3) is 0 Å². The molecule has 2 atom stereocenters. The summed E-state index contributed by atoms with van der Waals surface area (Å²) >= 11 is 0. The summed E-state index contributed by atoms with van der Waals surface area (Å²) in [5.74, 6) is 0.524. The highest BCUT2D eigenvalue weighted by Crippen LogP contribution is 2.34. The van der Waals surface area contributed by atoms with Crippen molar-refractivity contribution in [2.75, 3.05) is 0 Å². The van der Waals surface area contributed by atoms with E-state index in [4.69, 9.17) is 0 Å².